The Morgan fingerprint density at radius 2 is 2.09 bits per heavy atom. The summed E-state index contributed by atoms with van der Waals surface area (Å²) in [6.07, 6.45) is 6.97. The van der Waals surface area contributed by atoms with Crippen molar-refractivity contribution in [1.82, 2.24) is 29.0 Å². The molecule has 3 aromatic heterocycles. The lowest BCUT2D eigenvalue weighted by Gasteiger charge is -2.47. The van der Waals surface area contributed by atoms with Crippen LogP contribution >= 0.6 is 23.2 Å². The number of H-pyrrole nitrogens is 1. The number of nitrogens with one attached hydrogen (secondary N) is 1. The summed E-state index contributed by atoms with van der Waals surface area (Å²) < 4.78 is 27.2. The van der Waals surface area contributed by atoms with E-state index >= 15 is 0 Å². The number of carboxylic acid groups (broad SMARTS) is 1. The molecule has 4 rings (SSSR count). The number of fused-ring (bicyclic) bond motifs is 1. The maximum Gasteiger partial charge on any atom is 0.337 e. The molecule has 32 heavy (non-hydrogen) atoms. The maximum absolute atomic E-state index is 12.0. The van der Waals surface area contributed by atoms with Crippen molar-refractivity contribution >= 4 is 50.2 Å². The SMILES string of the molecule is CCS(=O)(=O)N1CC(CC#N)(n2cc(-c3ncnc4[nH]ccc34)cn2)C1.O=C(O)C(Cl)Cl. The second-order valence-corrected chi connectivity index (χ2v) is 10.4. The zero-order valence-corrected chi connectivity index (χ0v) is 19.1. The van der Waals surface area contributed by atoms with Crippen molar-refractivity contribution in [1.29, 1.82) is 5.26 Å². The van der Waals surface area contributed by atoms with Gasteiger partial charge in [-0.15, -0.1) is 0 Å². The fourth-order valence-electron chi connectivity index (χ4n) is 3.28. The zero-order chi connectivity index (χ0) is 23.5. The number of hydrogen-bond donors (Lipinski definition) is 2. The fraction of sp³-hybridized carbons (Fsp3) is 0.389. The third kappa shape index (κ3) is 4.71. The van der Waals surface area contributed by atoms with Crippen LogP contribution < -0.4 is 0 Å². The van der Waals surface area contributed by atoms with E-state index in [0.29, 0.717) is 0 Å². The molecule has 1 saturated heterocycles. The van der Waals surface area contributed by atoms with E-state index in [1.54, 1.807) is 24.0 Å². The smallest absolute Gasteiger partial charge is 0.337 e. The Bertz CT molecular complexity index is 1260. The predicted octanol–water partition coefficient (Wildman–Crippen LogP) is 1.97. The highest BCUT2D eigenvalue weighted by Crippen LogP contribution is 2.35. The molecular formula is C18H19Cl2N7O4S. The molecule has 170 valence electrons. The van der Waals surface area contributed by atoms with Crippen LogP contribution in [0.1, 0.15) is 13.3 Å². The van der Waals surface area contributed by atoms with Crippen molar-refractivity contribution in [2.75, 3.05) is 18.8 Å². The summed E-state index contributed by atoms with van der Waals surface area (Å²) in [5.74, 6) is -1.16. The minimum atomic E-state index is -3.27. The molecule has 4 heterocycles. The molecule has 0 unspecified atom stereocenters. The van der Waals surface area contributed by atoms with Gasteiger partial charge in [0.15, 0.2) is 0 Å². The lowest BCUT2D eigenvalue weighted by Crippen LogP contribution is -2.64. The van der Waals surface area contributed by atoms with Crippen LogP contribution in [0.2, 0.25) is 0 Å². The van der Waals surface area contributed by atoms with Gasteiger partial charge in [-0.2, -0.15) is 14.7 Å². The third-order valence-electron chi connectivity index (χ3n) is 4.99. The van der Waals surface area contributed by atoms with Crippen molar-refractivity contribution in [2.24, 2.45) is 0 Å². The highest BCUT2D eigenvalue weighted by molar-refractivity contribution is 7.89. The fourth-order valence-corrected chi connectivity index (χ4v) is 4.52. The van der Waals surface area contributed by atoms with E-state index in [2.05, 4.69) is 26.1 Å². The number of aromatic nitrogens is 5. The molecule has 0 aliphatic carbocycles. The van der Waals surface area contributed by atoms with E-state index in [4.69, 9.17) is 28.3 Å². The van der Waals surface area contributed by atoms with Gasteiger partial charge in [-0.3, -0.25) is 4.68 Å². The van der Waals surface area contributed by atoms with Gasteiger partial charge in [-0.1, -0.05) is 23.2 Å². The summed E-state index contributed by atoms with van der Waals surface area (Å²) in [5, 5.41) is 22.2. The Morgan fingerprint density at radius 3 is 2.69 bits per heavy atom. The van der Waals surface area contributed by atoms with Gasteiger partial charge in [-0.05, 0) is 13.0 Å². The van der Waals surface area contributed by atoms with E-state index in [0.717, 1.165) is 22.3 Å². The van der Waals surface area contributed by atoms with E-state index < -0.39 is 26.4 Å². The third-order valence-corrected chi connectivity index (χ3v) is 7.14. The number of alkyl halides is 2. The average molecular weight is 500 g/mol. The molecule has 1 aliphatic heterocycles. The van der Waals surface area contributed by atoms with E-state index in [9.17, 15) is 18.5 Å². The number of aromatic amines is 1. The number of halogens is 2. The van der Waals surface area contributed by atoms with Crippen LogP contribution in [0, 0.1) is 11.3 Å². The minimum absolute atomic E-state index is 0.0480. The molecule has 0 saturated carbocycles. The Labute approximate surface area is 193 Å². The molecule has 0 bridgehead atoms. The van der Waals surface area contributed by atoms with Crippen LogP contribution in [0.3, 0.4) is 0 Å². The largest absolute Gasteiger partial charge is 0.479 e. The molecule has 1 aliphatic rings. The number of nitriles is 1. The van der Waals surface area contributed by atoms with Crippen molar-refractivity contribution in [2.45, 2.75) is 23.7 Å². The summed E-state index contributed by atoms with van der Waals surface area (Å²) in [5.41, 5.74) is 1.64. The van der Waals surface area contributed by atoms with E-state index in [1.165, 1.54) is 10.6 Å². The number of hydrogen-bond acceptors (Lipinski definition) is 7. The first-order valence-corrected chi connectivity index (χ1v) is 11.8. The van der Waals surface area contributed by atoms with E-state index in [-0.39, 0.29) is 25.3 Å². The molecule has 0 radical (unpaired) electrons. The Morgan fingerprint density at radius 1 is 1.41 bits per heavy atom. The van der Waals surface area contributed by atoms with Crippen LogP contribution in [-0.4, -0.2) is 72.2 Å². The van der Waals surface area contributed by atoms with Gasteiger partial charge in [-0.25, -0.2) is 23.2 Å². The van der Waals surface area contributed by atoms with Crippen LogP contribution in [-0.2, 0) is 20.4 Å². The van der Waals surface area contributed by atoms with Gasteiger partial charge >= 0.3 is 5.97 Å². The summed E-state index contributed by atoms with van der Waals surface area (Å²) in [6.45, 7) is 2.12. The maximum atomic E-state index is 12.0. The average Bonchev–Trinajstić information content (AvgIpc) is 3.40. The molecular weight excluding hydrogens is 481 g/mol. The lowest BCUT2D eigenvalue weighted by molar-refractivity contribution is -0.135. The topological polar surface area (TPSA) is 158 Å². The first kappa shape index (κ1) is 23.9. The number of sulfonamides is 1. The standard InChI is InChI=1S/C16H17N7O2S.C2H2Cl2O2/c1-2-26(24,25)22-9-16(10-22,4-5-17)23-8-12(7-21-23)14-13-3-6-18-15(13)20-11-19-14;3-1(4)2(5)6/h3,6-8,11H,2,4,9-10H2,1H3,(H,18,19,20);1H,(H,5,6). The van der Waals surface area contributed by atoms with E-state index in [1.807, 2.05) is 12.3 Å². The predicted molar refractivity (Wildman–Crippen MR) is 117 cm³/mol. The number of carboxylic acids is 1. The molecule has 2 N–H and O–H groups in total. The van der Waals surface area contributed by atoms with Gasteiger partial charge < -0.3 is 10.1 Å². The number of nitrogens with zero attached hydrogens (tertiary/aromatic N) is 6. The minimum Gasteiger partial charge on any atom is -0.479 e. The Kier molecular flexibility index (Phi) is 7.04. The second kappa shape index (κ2) is 9.41. The zero-order valence-electron chi connectivity index (χ0n) is 16.8. The van der Waals surface area contributed by atoms with Crippen LogP contribution in [0.5, 0.6) is 0 Å². The van der Waals surface area contributed by atoms with Gasteiger partial charge in [0.25, 0.3) is 0 Å². The van der Waals surface area contributed by atoms with Gasteiger partial charge in [0.1, 0.15) is 17.5 Å². The Balaban J connectivity index is 0.000000427. The number of aliphatic carboxylic acids is 1. The van der Waals surface area contributed by atoms with Crippen molar-refractivity contribution in [3.8, 4) is 17.3 Å². The molecule has 0 spiro atoms. The molecule has 11 nitrogen and oxygen atoms in total. The highest BCUT2D eigenvalue weighted by atomic mass is 35.5. The molecule has 3 aromatic rings. The molecule has 0 amide bonds. The Hall–Kier alpha value is -2.72. The monoisotopic (exact) mass is 499 g/mol. The number of rotatable bonds is 6. The molecule has 0 atom stereocenters. The van der Waals surface area contributed by atoms with Crippen LogP contribution in [0.25, 0.3) is 22.3 Å². The van der Waals surface area contributed by atoms with Gasteiger partial charge in [0.2, 0.25) is 14.9 Å². The van der Waals surface area contributed by atoms with Crippen molar-refractivity contribution in [3.05, 3.63) is 31.0 Å². The molecule has 14 heteroatoms. The normalized spacial score (nSPS) is 15.6. The lowest BCUT2D eigenvalue weighted by atomic mass is 9.89. The van der Waals surface area contributed by atoms with Crippen molar-refractivity contribution in [3.63, 3.8) is 0 Å². The van der Waals surface area contributed by atoms with Crippen LogP contribution in [0.4, 0.5) is 0 Å². The van der Waals surface area contributed by atoms with Gasteiger partial charge in [0, 0.05) is 36.4 Å². The van der Waals surface area contributed by atoms with Crippen molar-refractivity contribution < 1.29 is 18.3 Å². The first-order valence-electron chi connectivity index (χ1n) is 9.33. The first-order chi connectivity index (χ1) is 15.1. The quantitative estimate of drug-likeness (QED) is 0.486. The van der Waals surface area contributed by atoms with Gasteiger partial charge in [0.05, 0.1) is 30.1 Å². The summed E-state index contributed by atoms with van der Waals surface area (Å²) in [4.78, 5) is 19.7. The highest BCUT2D eigenvalue weighted by Gasteiger charge is 2.49. The second-order valence-electron chi connectivity index (χ2n) is 7.00. The summed E-state index contributed by atoms with van der Waals surface area (Å²) >= 11 is 9.56. The van der Waals surface area contributed by atoms with Crippen LogP contribution in [0.15, 0.2) is 31.0 Å². The summed E-state index contributed by atoms with van der Waals surface area (Å²) in [6, 6.07) is 4.06. The molecule has 1 fully saturated rings. The molecule has 0 aromatic carbocycles. The summed E-state index contributed by atoms with van der Waals surface area (Å²) in [7, 11) is -3.27. The number of carbonyl (C=O) groups is 1.